The average molecular weight is 453 g/mol. The number of H-pyrrole nitrogens is 1. The van der Waals surface area contributed by atoms with Crippen LogP contribution in [-0.4, -0.2) is 45.9 Å². The van der Waals surface area contributed by atoms with Crippen molar-refractivity contribution in [3.8, 4) is 5.88 Å². The van der Waals surface area contributed by atoms with Crippen LogP contribution in [-0.2, 0) is 0 Å². The number of carbonyl (C=O) groups excluding carboxylic acids is 1. The van der Waals surface area contributed by atoms with E-state index in [0.717, 1.165) is 28.7 Å². The number of benzene rings is 2. The lowest BCUT2D eigenvalue weighted by Crippen LogP contribution is -2.48. The molecule has 1 aliphatic rings. The van der Waals surface area contributed by atoms with E-state index < -0.39 is 17.7 Å². The Kier molecular flexibility index (Phi) is 5.15. The van der Waals surface area contributed by atoms with Gasteiger partial charge in [-0.05, 0) is 31.0 Å². The number of piperidine rings is 1. The molecule has 4 aromatic rings. The maximum Gasteiger partial charge on any atom is 0.312 e. The second-order valence-electron chi connectivity index (χ2n) is 7.95. The Balaban J connectivity index is 1.63. The summed E-state index contributed by atoms with van der Waals surface area (Å²) in [5.41, 5.74) is 8.03. The number of hydrogen-bond acceptors (Lipinski definition) is 6. The van der Waals surface area contributed by atoms with Crippen molar-refractivity contribution in [2.45, 2.75) is 24.9 Å². The smallest absolute Gasteiger partial charge is 0.312 e. The number of aromatic nitrogens is 4. The largest absolute Gasteiger partial charge is 0.480 e. The fraction of sp³-hybridized carbons (Fsp3) is 0.273. The molecule has 3 heterocycles. The van der Waals surface area contributed by atoms with Gasteiger partial charge in [-0.15, -0.1) is 0 Å². The summed E-state index contributed by atoms with van der Waals surface area (Å²) in [5.74, 6) is -1.82. The molecule has 2 unspecified atom stereocenters. The molecule has 0 saturated carbocycles. The maximum absolute atomic E-state index is 13.9. The molecule has 1 saturated heterocycles. The van der Waals surface area contributed by atoms with E-state index >= 15 is 0 Å². The first-order valence-corrected chi connectivity index (χ1v) is 10.4. The second kappa shape index (κ2) is 8.15. The van der Waals surface area contributed by atoms with E-state index in [1.165, 1.54) is 7.11 Å². The Labute approximate surface area is 186 Å². The Bertz CT molecular complexity index is 1360. The van der Waals surface area contributed by atoms with Crippen molar-refractivity contribution in [2.24, 2.45) is 5.73 Å². The van der Waals surface area contributed by atoms with Crippen molar-refractivity contribution in [3.63, 3.8) is 0 Å². The van der Waals surface area contributed by atoms with Gasteiger partial charge in [-0.2, -0.15) is 5.10 Å². The first-order chi connectivity index (χ1) is 15.9. The second-order valence-corrected chi connectivity index (χ2v) is 7.95. The lowest BCUT2D eigenvalue weighted by Gasteiger charge is -2.41. The summed E-state index contributed by atoms with van der Waals surface area (Å²) in [6.45, 7) is 0.583. The zero-order valence-corrected chi connectivity index (χ0v) is 17.7. The molecule has 11 heteroatoms. The van der Waals surface area contributed by atoms with Gasteiger partial charge in [-0.25, -0.2) is 23.5 Å². The highest BCUT2D eigenvalue weighted by molar-refractivity contribution is 5.82. The maximum atomic E-state index is 13.9. The van der Waals surface area contributed by atoms with Crippen molar-refractivity contribution in [1.82, 2.24) is 25.5 Å². The SMILES string of the molecule is COc1nc2cc(F)c(F)cc2nc1C1CC(NC(N)=O)CCN1c1ccc2[nH]ncc2c1. The quantitative estimate of drug-likeness (QED) is 0.436. The van der Waals surface area contributed by atoms with Gasteiger partial charge in [0, 0.05) is 35.8 Å². The van der Waals surface area contributed by atoms with Crippen molar-refractivity contribution >= 4 is 33.7 Å². The molecule has 2 aromatic carbocycles. The third-order valence-electron chi connectivity index (χ3n) is 5.91. The minimum atomic E-state index is -1.01. The molecule has 0 spiro atoms. The van der Waals surface area contributed by atoms with Crippen LogP contribution in [0.3, 0.4) is 0 Å². The van der Waals surface area contributed by atoms with Crippen LogP contribution in [0.15, 0.2) is 36.5 Å². The number of nitrogens with one attached hydrogen (secondary N) is 2. The molecule has 1 aliphatic heterocycles. The van der Waals surface area contributed by atoms with Crippen LogP contribution in [0.1, 0.15) is 24.6 Å². The molecule has 33 heavy (non-hydrogen) atoms. The Morgan fingerprint density at radius 2 is 1.97 bits per heavy atom. The molecule has 2 amide bonds. The number of methoxy groups -OCH3 is 1. The number of fused-ring (bicyclic) bond motifs is 2. The zero-order valence-electron chi connectivity index (χ0n) is 17.7. The van der Waals surface area contributed by atoms with Crippen molar-refractivity contribution in [1.29, 1.82) is 0 Å². The van der Waals surface area contributed by atoms with Crippen molar-refractivity contribution in [2.75, 3.05) is 18.6 Å². The van der Waals surface area contributed by atoms with Crippen molar-refractivity contribution in [3.05, 3.63) is 53.9 Å². The highest BCUT2D eigenvalue weighted by Gasteiger charge is 2.34. The fourth-order valence-electron chi connectivity index (χ4n) is 4.39. The molecule has 5 rings (SSSR count). The third-order valence-corrected chi connectivity index (χ3v) is 5.91. The number of halogens is 2. The number of carbonyl (C=O) groups is 1. The topological polar surface area (TPSA) is 122 Å². The summed E-state index contributed by atoms with van der Waals surface area (Å²) in [4.78, 5) is 22.6. The first-order valence-electron chi connectivity index (χ1n) is 10.4. The number of nitrogens with two attached hydrogens (primary N) is 1. The predicted octanol–water partition coefficient (Wildman–Crippen LogP) is 3.17. The number of urea groups is 1. The van der Waals surface area contributed by atoms with Crippen LogP contribution >= 0.6 is 0 Å². The van der Waals surface area contributed by atoms with Crippen molar-refractivity contribution < 1.29 is 18.3 Å². The number of primary amides is 1. The Morgan fingerprint density at radius 3 is 2.70 bits per heavy atom. The normalized spacial score (nSPS) is 18.6. The lowest BCUT2D eigenvalue weighted by molar-refractivity contribution is 0.240. The number of nitrogens with zero attached hydrogens (tertiary/aromatic N) is 4. The van der Waals surface area contributed by atoms with Gasteiger partial charge in [-0.1, -0.05) is 0 Å². The van der Waals surface area contributed by atoms with Gasteiger partial charge >= 0.3 is 6.03 Å². The van der Waals surface area contributed by atoms with E-state index in [-0.39, 0.29) is 29.0 Å². The highest BCUT2D eigenvalue weighted by atomic mass is 19.2. The highest BCUT2D eigenvalue weighted by Crippen LogP contribution is 2.39. The van der Waals surface area contributed by atoms with E-state index in [2.05, 4.69) is 30.4 Å². The molecule has 2 atom stereocenters. The molecular weight excluding hydrogens is 432 g/mol. The van der Waals surface area contributed by atoms with Gasteiger partial charge < -0.3 is 20.7 Å². The van der Waals surface area contributed by atoms with Crippen LogP contribution in [0.5, 0.6) is 5.88 Å². The predicted molar refractivity (Wildman–Crippen MR) is 118 cm³/mol. The molecule has 2 aromatic heterocycles. The fourth-order valence-corrected chi connectivity index (χ4v) is 4.39. The Morgan fingerprint density at radius 1 is 1.21 bits per heavy atom. The number of ether oxygens (including phenoxy) is 1. The number of aromatic amines is 1. The third kappa shape index (κ3) is 3.86. The molecule has 9 nitrogen and oxygen atoms in total. The number of anilines is 1. The lowest BCUT2D eigenvalue weighted by atomic mass is 9.93. The van der Waals surface area contributed by atoms with E-state index in [9.17, 15) is 13.6 Å². The van der Waals surface area contributed by atoms with Crippen LogP contribution in [0, 0.1) is 11.6 Å². The molecule has 0 bridgehead atoms. The number of amides is 2. The Hall–Kier alpha value is -4.02. The summed E-state index contributed by atoms with van der Waals surface area (Å²) in [6, 6.07) is 6.73. The summed E-state index contributed by atoms with van der Waals surface area (Å²) < 4.78 is 33.2. The van der Waals surface area contributed by atoms with Gasteiger partial charge in [0.1, 0.15) is 5.69 Å². The van der Waals surface area contributed by atoms with Crippen LogP contribution < -0.4 is 20.7 Å². The van der Waals surface area contributed by atoms with Crippen LogP contribution in [0.25, 0.3) is 21.9 Å². The standard InChI is InChI=1S/C22H21F2N7O2/c1-33-21-20(28-17-8-14(23)15(24)9-18(17)29-21)19-7-12(27-22(25)32)4-5-31(19)13-2-3-16-11(6-13)10-26-30-16/h2-3,6,8-10,12,19H,4-5,7H2,1H3,(H,26,30)(H3,25,27,32). The van der Waals surface area contributed by atoms with E-state index in [1.54, 1.807) is 6.20 Å². The van der Waals surface area contributed by atoms with E-state index in [1.807, 2.05) is 18.2 Å². The van der Waals surface area contributed by atoms with Gasteiger partial charge in [0.05, 0.1) is 35.9 Å². The number of rotatable bonds is 4. The van der Waals surface area contributed by atoms with E-state index in [0.29, 0.717) is 25.1 Å². The summed E-state index contributed by atoms with van der Waals surface area (Å²) in [5, 5.41) is 10.7. The first kappa shape index (κ1) is 20.9. The average Bonchev–Trinajstić information content (AvgIpc) is 3.26. The summed E-state index contributed by atoms with van der Waals surface area (Å²) in [6.07, 6.45) is 2.86. The summed E-state index contributed by atoms with van der Waals surface area (Å²) in [7, 11) is 1.45. The molecule has 0 aliphatic carbocycles. The van der Waals surface area contributed by atoms with Gasteiger partial charge in [-0.3, -0.25) is 5.10 Å². The monoisotopic (exact) mass is 453 g/mol. The molecule has 4 N–H and O–H groups in total. The minimum absolute atomic E-state index is 0.184. The minimum Gasteiger partial charge on any atom is -0.480 e. The summed E-state index contributed by atoms with van der Waals surface area (Å²) >= 11 is 0. The zero-order chi connectivity index (χ0) is 23.1. The number of hydrogen-bond donors (Lipinski definition) is 3. The molecule has 0 radical (unpaired) electrons. The molecule has 1 fully saturated rings. The van der Waals surface area contributed by atoms with E-state index in [4.69, 9.17) is 10.5 Å². The van der Waals surface area contributed by atoms with Crippen LogP contribution in [0.4, 0.5) is 19.3 Å². The van der Waals surface area contributed by atoms with Gasteiger partial charge in [0.15, 0.2) is 11.6 Å². The van der Waals surface area contributed by atoms with Gasteiger partial charge in [0.25, 0.3) is 0 Å². The van der Waals surface area contributed by atoms with Gasteiger partial charge in [0.2, 0.25) is 5.88 Å². The molecule has 170 valence electrons. The molecular formula is C22H21F2N7O2. The van der Waals surface area contributed by atoms with Crippen LogP contribution in [0.2, 0.25) is 0 Å².